The van der Waals surface area contributed by atoms with Crippen LogP contribution >= 0.6 is 11.8 Å². The normalized spacial score (nSPS) is 17.4. The Morgan fingerprint density at radius 1 is 1.17 bits per heavy atom. The first-order valence-corrected chi connectivity index (χ1v) is 10.9. The van der Waals surface area contributed by atoms with Crippen molar-refractivity contribution in [2.45, 2.75) is 29.4 Å². The van der Waals surface area contributed by atoms with Crippen molar-refractivity contribution in [3.05, 3.63) is 60.2 Å². The molecule has 7 nitrogen and oxygen atoms in total. The van der Waals surface area contributed by atoms with Gasteiger partial charge in [-0.2, -0.15) is 0 Å². The van der Waals surface area contributed by atoms with E-state index in [0.717, 1.165) is 41.4 Å². The van der Waals surface area contributed by atoms with E-state index >= 15 is 0 Å². The average Bonchev–Trinajstić information content (AvgIpc) is 3.43. The van der Waals surface area contributed by atoms with Crippen LogP contribution in [0.5, 0.6) is 0 Å². The van der Waals surface area contributed by atoms with Crippen molar-refractivity contribution in [3.63, 3.8) is 0 Å². The number of amides is 1. The average molecular weight is 420 g/mol. The molecule has 5 rings (SSSR count). The first-order valence-electron chi connectivity index (χ1n) is 10.00. The fourth-order valence-corrected chi connectivity index (χ4v) is 4.60. The molecule has 1 aliphatic heterocycles. The van der Waals surface area contributed by atoms with E-state index in [9.17, 15) is 4.79 Å². The lowest BCUT2D eigenvalue weighted by molar-refractivity contribution is -0.121. The van der Waals surface area contributed by atoms with Crippen LogP contribution in [0.1, 0.15) is 23.7 Å². The second-order valence-corrected chi connectivity index (χ2v) is 8.32. The standard InChI is InChI=1S/C22H21N5O2S/c28-21(23-13-15-9-6-12-29-15)19(14-7-2-1-3-8-14)30-22-25-20-18(26-27-22)16-10-4-5-11-17(16)24-20/h1-5,7-8,10-11,15,19H,6,9,12-13H2,(H,23,28)(H,24,25,27)/t15-,19+/m0/s1. The Bertz CT molecular complexity index is 1170. The summed E-state index contributed by atoms with van der Waals surface area (Å²) in [7, 11) is 0. The molecule has 1 saturated heterocycles. The molecule has 0 radical (unpaired) electrons. The zero-order valence-electron chi connectivity index (χ0n) is 16.2. The highest BCUT2D eigenvalue weighted by Gasteiger charge is 2.25. The number of nitrogens with one attached hydrogen (secondary N) is 2. The van der Waals surface area contributed by atoms with Crippen molar-refractivity contribution in [1.29, 1.82) is 0 Å². The highest BCUT2D eigenvalue weighted by molar-refractivity contribution is 8.00. The molecular weight excluding hydrogens is 398 g/mol. The van der Waals surface area contributed by atoms with Crippen LogP contribution in [-0.4, -0.2) is 45.3 Å². The summed E-state index contributed by atoms with van der Waals surface area (Å²) in [5.74, 6) is -0.0814. The Morgan fingerprint density at radius 3 is 2.83 bits per heavy atom. The zero-order chi connectivity index (χ0) is 20.3. The minimum absolute atomic E-state index is 0.0814. The van der Waals surface area contributed by atoms with E-state index in [1.54, 1.807) is 0 Å². The number of carbonyl (C=O) groups excluding carboxylic acids is 1. The van der Waals surface area contributed by atoms with E-state index < -0.39 is 5.25 Å². The van der Waals surface area contributed by atoms with E-state index in [2.05, 4.69) is 25.5 Å². The van der Waals surface area contributed by atoms with E-state index in [1.807, 2.05) is 54.6 Å². The molecule has 2 aromatic carbocycles. The summed E-state index contributed by atoms with van der Waals surface area (Å²) in [4.78, 5) is 20.9. The molecule has 4 aromatic rings. The van der Waals surface area contributed by atoms with Crippen molar-refractivity contribution in [1.82, 2.24) is 25.5 Å². The molecule has 30 heavy (non-hydrogen) atoms. The quantitative estimate of drug-likeness (QED) is 0.464. The molecule has 3 heterocycles. The third-order valence-corrected chi connectivity index (χ3v) is 6.30. The van der Waals surface area contributed by atoms with Crippen LogP contribution in [0.15, 0.2) is 59.8 Å². The van der Waals surface area contributed by atoms with Crippen LogP contribution in [0.2, 0.25) is 0 Å². The van der Waals surface area contributed by atoms with Crippen LogP contribution in [0.3, 0.4) is 0 Å². The van der Waals surface area contributed by atoms with E-state index in [-0.39, 0.29) is 12.0 Å². The van der Waals surface area contributed by atoms with E-state index in [0.29, 0.717) is 17.3 Å². The summed E-state index contributed by atoms with van der Waals surface area (Å²) >= 11 is 1.30. The second kappa shape index (κ2) is 8.41. The van der Waals surface area contributed by atoms with Gasteiger partial charge in [0.1, 0.15) is 10.8 Å². The monoisotopic (exact) mass is 419 g/mol. The molecule has 0 spiro atoms. The van der Waals surface area contributed by atoms with Gasteiger partial charge >= 0.3 is 0 Å². The number of para-hydroxylation sites is 1. The Hall–Kier alpha value is -2.97. The smallest absolute Gasteiger partial charge is 0.238 e. The van der Waals surface area contributed by atoms with Crippen molar-refractivity contribution in [2.75, 3.05) is 13.2 Å². The molecule has 1 fully saturated rings. The third-order valence-electron chi connectivity index (χ3n) is 5.19. The van der Waals surface area contributed by atoms with Crippen LogP contribution < -0.4 is 5.32 Å². The van der Waals surface area contributed by atoms with E-state index in [4.69, 9.17) is 4.74 Å². The predicted molar refractivity (Wildman–Crippen MR) is 116 cm³/mol. The fraction of sp³-hybridized carbons (Fsp3) is 0.273. The Morgan fingerprint density at radius 2 is 2.00 bits per heavy atom. The van der Waals surface area contributed by atoms with Gasteiger partial charge in [0.15, 0.2) is 5.65 Å². The van der Waals surface area contributed by atoms with Gasteiger partial charge in [0.2, 0.25) is 11.1 Å². The maximum Gasteiger partial charge on any atom is 0.238 e. The van der Waals surface area contributed by atoms with Gasteiger partial charge in [-0.05, 0) is 24.5 Å². The Kier molecular flexibility index (Phi) is 5.33. The molecule has 2 aromatic heterocycles. The molecule has 2 atom stereocenters. The van der Waals surface area contributed by atoms with Gasteiger partial charge in [0, 0.05) is 24.1 Å². The Balaban J connectivity index is 1.41. The number of rotatable bonds is 6. The molecule has 0 unspecified atom stereocenters. The molecular formula is C22H21N5O2S. The number of hydrogen-bond acceptors (Lipinski definition) is 6. The first kappa shape index (κ1) is 19.0. The maximum atomic E-state index is 13.0. The number of aromatic amines is 1. The lowest BCUT2D eigenvalue weighted by Crippen LogP contribution is -2.34. The third kappa shape index (κ3) is 3.88. The van der Waals surface area contributed by atoms with Gasteiger partial charge < -0.3 is 15.0 Å². The first-order chi connectivity index (χ1) is 14.8. The number of ether oxygens (including phenoxy) is 1. The van der Waals surface area contributed by atoms with Gasteiger partial charge in [0.05, 0.1) is 6.10 Å². The van der Waals surface area contributed by atoms with Gasteiger partial charge in [-0.15, -0.1) is 10.2 Å². The molecule has 2 N–H and O–H groups in total. The van der Waals surface area contributed by atoms with Gasteiger partial charge in [0.25, 0.3) is 0 Å². The van der Waals surface area contributed by atoms with Gasteiger partial charge in [-0.1, -0.05) is 60.3 Å². The van der Waals surface area contributed by atoms with Crippen LogP contribution in [-0.2, 0) is 9.53 Å². The Labute approximate surface area is 177 Å². The predicted octanol–water partition coefficient (Wildman–Crippen LogP) is 3.63. The van der Waals surface area contributed by atoms with Gasteiger partial charge in [-0.3, -0.25) is 4.79 Å². The van der Waals surface area contributed by atoms with Crippen molar-refractivity contribution >= 4 is 39.7 Å². The maximum absolute atomic E-state index is 13.0. The van der Waals surface area contributed by atoms with Crippen LogP contribution in [0.4, 0.5) is 0 Å². The molecule has 152 valence electrons. The van der Waals surface area contributed by atoms with Crippen molar-refractivity contribution in [2.24, 2.45) is 0 Å². The second-order valence-electron chi connectivity index (χ2n) is 7.25. The summed E-state index contributed by atoms with van der Waals surface area (Å²) < 4.78 is 5.62. The summed E-state index contributed by atoms with van der Waals surface area (Å²) in [6.07, 6.45) is 2.12. The molecule has 0 aliphatic carbocycles. The largest absolute Gasteiger partial charge is 0.376 e. The molecule has 0 bridgehead atoms. The number of hydrogen-bond donors (Lipinski definition) is 2. The van der Waals surface area contributed by atoms with Crippen LogP contribution in [0, 0.1) is 0 Å². The lowest BCUT2D eigenvalue weighted by atomic mass is 10.1. The number of aromatic nitrogens is 4. The lowest BCUT2D eigenvalue weighted by Gasteiger charge is -2.17. The minimum atomic E-state index is -0.476. The van der Waals surface area contributed by atoms with Crippen LogP contribution in [0.25, 0.3) is 22.1 Å². The summed E-state index contributed by atoms with van der Waals surface area (Å²) in [6.45, 7) is 1.28. The molecule has 1 aliphatic rings. The highest BCUT2D eigenvalue weighted by atomic mass is 32.2. The summed E-state index contributed by atoms with van der Waals surface area (Å²) in [6, 6.07) is 17.6. The number of fused-ring (bicyclic) bond motifs is 3. The van der Waals surface area contributed by atoms with Crippen molar-refractivity contribution in [3.8, 4) is 0 Å². The SMILES string of the molecule is O=C(NC[C@@H]1CCCO1)[C@H](Sc1nnc2c(n1)[nH]c1ccccc12)c1ccccc1. The number of benzene rings is 2. The van der Waals surface area contributed by atoms with Crippen molar-refractivity contribution < 1.29 is 9.53 Å². The molecule has 8 heteroatoms. The topological polar surface area (TPSA) is 92.8 Å². The van der Waals surface area contributed by atoms with Gasteiger partial charge in [-0.25, -0.2) is 4.98 Å². The highest BCUT2D eigenvalue weighted by Crippen LogP contribution is 2.34. The summed E-state index contributed by atoms with van der Waals surface area (Å²) in [5, 5.41) is 12.7. The number of thioether (sulfide) groups is 1. The molecule has 0 saturated carbocycles. The minimum Gasteiger partial charge on any atom is -0.376 e. The summed E-state index contributed by atoms with van der Waals surface area (Å²) in [5.41, 5.74) is 3.26. The molecule has 1 amide bonds. The number of nitrogens with zero attached hydrogens (tertiary/aromatic N) is 3. The number of carbonyl (C=O) groups is 1. The number of H-pyrrole nitrogens is 1. The fourth-order valence-electron chi connectivity index (χ4n) is 3.67. The zero-order valence-corrected chi connectivity index (χ0v) is 17.1. The van der Waals surface area contributed by atoms with E-state index in [1.165, 1.54) is 11.8 Å².